The van der Waals surface area contributed by atoms with Crippen LogP contribution in [0, 0.1) is 13.8 Å². The molecule has 0 radical (unpaired) electrons. The van der Waals surface area contributed by atoms with E-state index in [1.54, 1.807) is 0 Å². The third kappa shape index (κ3) is 5.25. The van der Waals surface area contributed by atoms with E-state index in [-0.39, 0.29) is 0 Å². The fraction of sp³-hybridized carbons (Fsp3) is 0.409. The first kappa shape index (κ1) is 20.6. The molecular formula is C22H30N6O. The fourth-order valence-corrected chi connectivity index (χ4v) is 3.09. The quantitative estimate of drug-likeness (QED) is 0.470. The molecule has 2 heterocycles. The molecule has 1 aromatic carbocycles. The maximum atomic E-state index is 5.40. The maximum absolute atomic E-state index is 5.40. The van der Waals surface area contributed by atoms with E-state index in [4.69, 9.17) is 9.52 Å². The second-order valence-corrected chi connectivity index (χ2v) is 7.39. The van der Waals surface area contributed by atoms with Gasteiger partial charge in [-0.3, -0.25) is 0 Å². The van der Waals surface area contributed by atoms with Crippen molar-refractivity contribution >= 4 is 5.96 Å². The molecule has 0 saturated heterocycles. The Labute approximate surface area is 172 Å². The molecule has 3 rings (SSSR count). The lowest BCUT2D eigenvalue weighted by Crippen LogP contribution is -2.36. The van der Waals surface area contributed by atoms with Crippen molar-refractivity contribution in [3.63, 3.8) is 0 Å². The second kappa shape index (κ2) is 9.41. The zero-order chi connectivity index (χ0) is 20.8. The minimum absolute atomic E-state index is 0.347. The molecule has 0 bridgehead atoms. The summed E-state index contributed by atoms with van der Waals surface area (Å²) in [5.41, 5.74) is 5.23. The molecule has 0 atom stereocenters. The molecule has 0 spiro atoms. The summed E-state index contributed by atoms with van der Waals surface area (Å²) in [5.74, 6) is 1.88. The highest BCUT2D eigenvalue weighted by atomic mass is 16.5. The van der Waals surface area contributed by atoms with Gasteiger partial charge in [-0.15, -0.1) is 0 Å². The Morgan fingerprint density at radius 1 is 1.17 bits per heavy atom. The molecule has 7 heteroatoms. The third-order valence-electron chi connectivity index (χ3n) is 4.58. The lowest BCUT2D eigenvalue weighted by atomic mass is 10.1. The van der Waals surface area contributed by atoms with Gasteiger partial charge in [-0.25, -0.2) is 9.67 Å². The number of nitrogens with one attached hydrogen (secondary N) is 2. The van der Waals surface area contributed by atoms with Gasteiger partial charge in [0.2, 0.25) is 0 Å². The van der Waals surface area contributed by atoms with Gasteiger partial charge in [0, 0.05) is 18.3 Å². The van der Waals surface area contributed by atoms with Gasteiger partial charge in [-0.2, -0.15) is 5.10 Å². The summed E-state index contributed by atoms with van der Waals surface area (Å²) >= 11 is 0. The summed E-state index contributed by atoms with van der Waals surface area (Å²) < 4.78 is 7.38. The van der Waals surface area contributed by atoms with Crippen molar-refractivity contribution in [2.75, 3.05) is 6.54 Å². The number of para-hydroxylation sites is 1. The topological polar surface area (TPSA) is 80.3 Å². The largest absolute Gasteiger partial charge is 0.359 e. The van der Waals surface area contributed by atoms with E-state index in [9.17, 15) is 0 Å². The standard InChI is InChI=1S/C22H30N6O/c1-6-23-22(25-14-19-12-20(15(2)3)27-29-19)24-13-18-9-7-8-10-21(18)28-17(5)11-16(4)26-28/h7-12,15H,6,13-14H2,1-5H3,(H2,23,24,25). The number of benzene rings is 1. The third-order valence-corrected chi connectivity index (χ3v) is 4.58. The average Bonchev–Trinajstić information content (AvgIpc) is 3.30. The number of aliphatic imine (C=N–C) groups is 1. The van der Waals surface area contributed by atoms with Crippen LogP contribution in [0.25, 0.3) is 5.69 Å². The molecule has 3 aromatic rings. The highest BCUT2D eigenvalue weighted by Gasteiger charge is 2.10. The van der Waals surface area contributed by atoms with Crippen LogP contribution < -0.4 is 10.6 Å². The van der Waals surface area contributed by atoms with Crippen molar-refractivity contribution in [1.29, 1.82) is 0 Å². The molecule has 2 N–H and O–H groups in total. The predicted molar refractivity (Wildman–Crippen MR) is 115 cm³/mol. The minimum atomic E-state index is 0.347. The molecule has 29 heavy (non-hydrogen) atoms. The first-order chi connectivity index (χ1) is 14.0. The van der Waals surface area contributed by atoms with E-state index in [2.05, 4.69) is 59.9 Å². The summed E-state index contributed by atoms with van der Waals surface area (Å²) in [6, 6.07) is 12.3. The maximum Gasteiger partial charge on any atom is 0.191 e. The fourth-order valence-electron chi connectivity index (χ4n) is 3.09. The average molecular weight is 395 g/mol. The van der Waals surface area contributed by atoms with Crippen molar-refractivity contribution in [3.05, 3.63) is 64.8 Å². The molecule has 0 fully saturated rings. The van der Waals surface area contributed by atoms with E-state index in [0.717, 1.165) is 46.6 Å². The number of rotatable bonds is 7. The van der Waals surface area contributed by atoms with Crippen molar-refractivity contribution in [3.8, 4) is 5.69 Å². The summed E-state index contributed by atoms with van der Waals surface area (Å²) in [4.78, 5) is 4.75. The number of hydrogen-bond acceptors (Lipinski definition) is 4. The van der Waals surface area contributed by atoms with Crippen LogP contribution in [0.3, 0.4) is 0 Å². The molecule has 0 unspecified atom stereocenters. The number of nitrogens with zero attached hydrogens (tertiary/aromatic N) is 4. The van der Waals surface area contributed by atoms with Crippen LogP contribution in [0.5, 0.6) is 0 Å². The predicted octanol–water partition coefficient (Wildman–Crippen LogP) is 3.86. The zero-order valence-electron chi connectivity index (χ0n) is 17.9. The van der Waals surface area contributed by atoms with Gasteiger partial charge in [-0.05, 0) is 44.4 Å². The Bertz CT molecular complexity index is 969. The molecule has 0 aliphatic rings. The number of aromatic nitrogens is 3. The van der Waals surface area contributed by atoms with Gasteiger partial charge in [0.15, 0.2) is 11.7 Å². The Kier molecular flexibility index (Phi) is 6.69. The summed E-state index contributed by atoms with van der Waals surface area (Å²) in [6.07, 6.45) is 0. The molecule has 2 aromatic heterocycles. The van der Waals surface area contributed by atoms with E-state index < -0.39 is 0 Å². The van der Waals surface area contributed by atoms with Gasteiger partial charge in [0.25, 0.3) is 0 Å². The van der Waals surface area contributed by atoms with Crippen LogP contribution in [-0.2, 0) is 13.1 Å². The molecule has 0 amide bonds. The smallest absolute Gasteiger partial charge is 0.191 e. The van der Waals surface area contributed by atoms with Crippen molar-refractivity contribution in [1.82, 2.24) is 25.6 Å². The van der Waals surface area contributed by atoms with Crippen LogP contribution in [0.2, 0.25) is 0 Å². The Morgan fingerprint density at radius 3 is 2.62 bits per heavy atom. The summed E-state index contributed by atoms with van der Waals surface area (Å²) in [5, 5.41) is 15.3. The lowest BCUT2D eigenvalue weighted by molar-refractivity contribution is 0.372. The first-order valence-electron chi connectivity index (χ1n) is 10.1. The monoisotopic (exact) mass is 394 g/mol. The zero-order valence-corrected chi connectivity index (χ0v) is 17.9. The van der Waals surface area contributed by atoms with Crippen LogP contribution >= 0.6 is 0 Å². The Hall–Kier alpha value is -3.09. The second-order valence-electron chi connectivity index (χ2n) is 7.39. The SMILES string of the molecule is CCNC(=NCc1ccccc1-n1nc(C)cc1C)NCc1cc(C(C)C)no1. The Balaban J connectivity index is 1.74. The Morgan fingerprint density at radius 2 is 1.97 bits per heavy atom. The van der Waals surface area contributed by atoms with Crippen molar-refractivity contribution in [2.24, 2.45) is 4.99 Å². The van der Waals surface area contributed by atoms with E-state index >= 15 is 0 Å². The van der Waals surface area contributed by atoms with Crippen LogP contribution in [0.15, 0.2) is 45.9 Å². The molecule has 7 nitrogen and oxygen atoms in total. The molecule has 0 saturated carbocycles. The highest BCUT2D eigenvalue weighted by Crippen LogP contribution is 2.18. The van der Waals surface area contributed by atoms with E-state index in [0.29, 0.717) is 19.0 Å². The highest BCUT2D eigenvalue weighted by molar-refractivity contribution is 5.79. The summed E-state index contributed by atoms with van der Waals surface area (Å²) in [7, 11) is 0. The van der Waals surface area contributed by atoms with E-state index in [1.165, 1.54) is 0 Å². The molecule has 0 aliphatic heterocycles. The van der Waals surface area contributed by atoms with E-state index in [1.807, 2.05) is 36.7 Å². The van der Waals surface area contributed by atoms with Crippen LogP contribution in [-0.4, -0.2) is 27.4 Å². The number of hydrogen-bond donors (Lipinski definition) is 2. The number of guanidine groups is 1. The van der Waals surface area contributed by atoms with Crippen molar-refractivity contribution < 1.29 is 4.52 Å². The first-order valence-corrected chi connectivity index (χ1v) is 10.1. The minimum Gasteiger partial charge on any atom is -0.359 e. The lowest BCUT2D eigenvalue weighted by Gasteiger charge is -2.12. The summed E-state index contributed by atoms with van der Waals surface area (Å²) in [6.45, 7) is 12.2. The van der Waals surface area contributed by atoms with Crippen LogP contribution in [0.4, 0.5) is 0 Å². The van der Waals surface area contributed by atoms with Gasteiger partial charge >= 0.3 is 0 Å². The van der Waals surface area contributed by atoms with Gasteiger partial charge in [0.1, 0.15) is 0 Å². The van der Waals surface area contributed by atoms with Gasteiger partial charge in [0.05, 0.1) is 30.2 Å². The molecular weight excluding hydrogens is 364 g/mol. The van der Waals surface area contributed by atoms with Crippen LogP contribution in [0.1, 0.15) is 55.1 Å². The number of aryl methyl sites for hydroxylation is 2. The van der Waals surface area contributed by atoms with Gasteiger partial charge < -0.3 is 15.2 Å². The van der Waals surface area contributed by atoms with Gasteiger partial charge in [-0.1, -0.05) is 37.2 Å². The van der Waals surface area contributed by atoms with Crippen molar-refractivity contribution in [2.45, 2.75) is 53.6 Å². The normalized spacial score (nSPS) is 11.9. The molecule has 154 valence electrons. The molecule has 0 aliphatic carbocycles.